The Morgan fingerprint density at radius 3 is 2.56 bits per heavy atom. The van der Waals surface area contributed by atoms with E-state index in [-0.39, 0.29) is 17.5 Å². The van der Waals surface area contributed by atoms with Crippen LogP contribution in [0.5, 0.6) is 5.75 Å². The van der Waals surface area contributed by atoms with Gasteiger partial charge in [-0.15, -0.1) is 0 Å². The summed E-state index contributed by atoms with van der Waals surface area (Å²) in [6.07, 6.45) is 2.61. The monoisotopic (exact) mass is 474 g/mol. The first-order chi connectivity index (χ1) is 16.1. The summed E-state index contributed by atoms with van der Waals surface area (Å²) in [7, 11) is 3.18. The number of carbonyl (C=O) groups is 1. The largest absolute Gasteiger partial charge is 0.493 e. The first-order valence-corrected chi connectivity index (χ1v) is 10.4. The summed E-state index contributed by atoms with van der Waals surface area (Å²) in [6, 6.07) is 1.70. The number of pyridine rings is 1. The summed E-state index contributed by atoms with van der Waals surface area (Å²) in [4.78, 5) is 32.4. The number of aromatic nitrogens is 5. The minimum absolute atomic E-state index is 0.0226. The van der Waals surface area contributed by atoms with Crippen LogP contribution in [-0.4, -0.2) is 62.8 Å². The van der Waals surface area contributed by atoms with Crippen LogP contribution in [0.1, 0.15) is 18.5 Å². The van der Waals surface area contributed by atoms with E-state index in [1.807, 2.05) is 13.1 Å². The standard InChI is InChI=1S/C21H21F3N8O2/c1-12-9-31(11-27-12)17-15(34-3)6-13(7-25-17)28-19-26-8-14-16(29-19)30(2)20(4-5-20)18(33)32(14)10-21(22,23)24/h6-9,11H,4-5,10H2,1-3H3,(H,26,28,29). The molecule has 1 amide bonds. The molecule has 34 heavy (non-hydrogen) atoms. The molecule has 0 atom stereocenters. The van der Waals surface area contributed by atoms with E-state index in [0.717, 1.165) is 10.6 Å². The Hall–Kier alpha value is -3.90. The van der Waals surface area contributed by atoms with E-state index in [2.05, 4.69) is 25.3 Å². The van der Waals surface area contributed by atoms with Gasteiger partial charge in [0.1, 0.15) is 24.1 Å². The molecule has 2 aliphatic rings. The smallest absolute Gasteiger partial charge is 0.406 e. The van der Waals surface area contributed by atoms with Crippen molar-refractivity contribution in [1.82, 2.24) is 24.5 Å². The summed E-state index contributed by atoms with van der Waals surface area (Å²) >= 11 is 0. The van der Waals surface area contributed by atoms with E-state index in [0.29, 0.717) is 30.1 Å². The Morgan fingerprint density at radius 1 is 1.18 bits per heavy atom. The molecule has 10 nitrogen and oxygen atoms in total. The van der Waals surface area contributed by atoms with Crippen LogP contribution in [-0.2, 0) is 4.79 Å². The number of likely N-dealkylation sites (N-methyl/N-ethyl adjacent to an activating group) is 1. The fourth-order valence-electron chi connectivity index (χ4n) is 4.09. The first-order valence-electron chi connectivity index (χ1n) is 10.4. The molecule has 4 heterocycles. The van der Waals surface area contributed by atoms with Crippen LogP contribution in [0.2, 0.25) is 0 Å². The second kappa shape index (κ2) is 7.57. The van der Waals surface area contributed by atoms with Crippen molar-refractivity contribution in [1.29, 1.82) is 0 Å². The number of methoxy groups -OCH3 is 1. The van der Waals surface area contributed by atoms with E-state index < -0.39 is 24.2 Å². The van der Waals surface area contributed by atoms with Crippen molar-refractivity contribution in [3.05, 3.63) is 36.7 Å². The van der Waals surface area contributed by atoms with E-state index in [1.54, 1.807) is 35.1 Å². The third-order valence-electron chi connectivity index (χ3n) is 5.97. The highest BCUT2D eigenvalue weighted by Crippen LogP contribution is 2.51. The van der Waals surface area contributed by atoms with Crippen LogP contribution in [0, 0.1) is 6.92 Å². The van der Waals surface area contributed by atoms with Crippen LogP contribution in [0.4, 0.5) is 36.3 Å². The van der Waals surface area contributed by atoms with Crippen LogP contribution >= 0.6 is 0 Å². The molecule has 1 aliphatic carbocycles. The number of alkyl halides is 3. The fraction of sp³-hybridized carbons (Fsp3) is 0.381. The molecule has 13 heteroatoms. The van der Waals surface area contributed by atoms with E-state index in [9.17, 15) is 18.0 Å². The number of rotatable bonds is 5. The average Bonchev–Trinajstić information content (AvgIpc) is 3.49. The molecule has 3 aromatic rings. The van der Waals surface area contributed by atoms with Gasteiger partial charge in [0.2, 0.25) is 5.95 Å². The quantitative estimate of drug-likeness (QED) is 0.602. The summed E-state index contributed by atoms with van der Waals surface area (Å²) in [5.41, 5.74) is 0.373. The lowest BCUT2D eigenvalue weighted by molar-refractivity contribution is -0.134. The zero-order chi connectivity index (χ0) is 24.3. The predicted octanol–water partition coefficient (Wildman–Crippen LogP) is 3.00. The van der Waals surface area contributed by atoms with Gasteiger partial charge in [-0.25, -0.2) is 15.0 Å². The highest BCUT2D eigenvalue weighted by atomic mass is 19.4. The van der Waals surface area contributed by atoms with Gasteiger partial charge in [0, 0.05) is 19.3 Å². The lowest BCUT2D eigenvalue weighted by atomic mass is 10.1. The van der Waals surface area contributed by atoms with E-state index in [1.165, 1.54) is 13.3 Å². The number of hydrogen-bond donors (Lipinski definition) is 1. The Labute approximate surface area is 192 Å². The molecule has 178 valence electrons. The van der Waals surface area contributed by atoms with E-state index in [4.69, 9.17) is 4.74 Å². The normalized spacial score (nSPS) is 16.6. The molecule has 1 spiro atoms. The van der Waals surface area contributed by atoms with Crippen molar-refractivity contribution < 1.29 is 22.7 Å². The van der Waals surface area contributed by atoms with Gasteiger partial charge in [-0.1, -0.05) is 0 Å². The lowest BCUT2D eigenvalue weighted by Crippen LogP contribution is -2.56. The number of amides is 1. The number of halogens is 3. The molecular formula is C21H21F3N8O2. The Kier molecular flexibility index (Phi) is 4.88. The molecule has 1 saturated carbocycles. The molecule has 0 bridgehead atoms. The third kappa shape index (κ3) is 3.66. The van der Waals surface area contributed by atoms with Crippen LogP contribution in [0.15, 0.2) is 31.0 Å². The number of anilines is 4. The zero-order valence-electron chi connectivity index (χ0n) is 18.6. The Bertz CT molecular complexity index is 1270. The van der Waals surface area contributed by atoms with Gasteiger partial charge in [-0.2, -0.15) is 18.2 Å². The van der Waals surface area contributed by atoms with Crippen molar-refractivity contribution in [2.45, 2.75) is 31.5 Å². The highest BCUT2D eigenvalue weighted by molar-refractivity contribution is 6.09. The second-order valence-corrected chi connectivity index (χ2v) is 8.30. The minimum Gasteiger partial charge on any atom is -0.493 e. The number of nitrogens with one attached hydrogen (secondary N) is 1. The van der Waals surface area contributed by atoms with Crippen molar-refractivity contribution in [3.8, 4) is 11.6 Å². The van der Waals surface area contributed by atoms with Crippen LogP contribution in [0.3, 0.4) is 0 Å². The van der Waals surface area contributed by atoms with Crippen molar-refractivity contribution >= 4 is 29.0 Å². The number of carbonyl (C=O) groups excluding carboxylic acids is 1. The van der Waals surface area contributed by atoms with Gasteiger partial charge in [-0.3, -0.25) is 14.3 Å². The number of ether oxygens (including phenoxy) is 1. The van der Waals surface area contributed by atoms with Crippen molar-refractivity contribution in [2.24, 2.45) is 0 Å². The molecule has 1 fully saturated rings. The molecule has 1 aliphatic heterocycles. The molecule has 3 aromatic heterocycles. The van der Waals surface area contributed by atoms with Crippen molar-refractivity contribution in [2.75, 3.05) is 35.8 Å². The van der Waals surface area contributed by atoms with Gasteiger partial charge in [-0.05, 0) is 19.8 Å². The fourth-order valence-corrected chi connectivity index (χ4v) is 4.09. The van der Waals surface area contributed by atoms with Gasteiger partial charge in [0.15, 0.2) is 17.4 Å². The van der Waals surface area contributed by atoms with Crippen LogP contribution < -0.4 is 19.9 Å². The molecule has 0 saturated heterocycles. The predicted molar refractivity (Wildman–Crippen MR) is 117 cm³/mol. The number of fused-ring (bicyclic) bond motifs is 1. The summed E-state index contributed by atoms with van der Waals surface area (Å²) in [5.74, 6) is 0.832. The van der Waals surface area contributed by atoms with Gasteiger partial charge in [0.05, 0.1) is 30.9 Å². The maximum atomic E-state index is 13.2. The number of imidazole rings is 1. The molecule has 0 unspecified atom stereocenters. The molecule has 0 aromatic carbocycles. The Balaban J connectivity index is 1.47. The third-order valence-corrected chi connectivity index (χ3v) is 5.97. The van der Waals surface area contributed by atoms with E-state index >= 15 is 0 Å². The number of hydrogen-bond acceptors (Lipinski definition) is 8. The first kappa shape index (κ1) is 21.9. The topological polar surface area (TPSA) is 101 Å². The Morgan fingerprint density at radius 2 is 1.94 bits per heavy atom. The van der Waals surface area contributed by atoms with Gasteiger partial charge in [0.25, 0.3) is 5.91 Å². The second-order valence-electron chi connectivity index (χ2n) is 8.30. The average molecular weight is 474 g/mol. The molecular weight excluding hydrogens is 453 g/mol. The summed E-state index contributed by atoms with van der Waals surface area (Å²) < 4.78 is 46.7. The highest BCUT2D eigenvalue weighted by Gasteiger charge is 2.60. The van der Waals surface area contributed by atoms with Gasteiger partial charge >= 0.3 is 6.18 Å². The minimum atomic E-state index is -4.55. The maximum absolute atomic E-state index is 13.2. The molecule has 0 radical (unpaired) electrons. The SMILES string of the molecule is COc1cc(Nc2ncc3c(n2)N(C)C2(CC2)C(=O)N3CC(F)(F)F)cnc1-n1cnc(C)c1. The van der Waals surface area contributed by atoms with Crippen molar-refractivity contribution in [3.63, 3.8) is 0 Å². The number of aryl methyl sites for hydroxylation is 1. The molecule has 5 rings (SSSR count). The summed E-state index contributed by atoms with van der Waals surface area (Å²) in [6.45, 7) is 0.472. The van der Waals surface area contributed by atoms with Crippen LogP contribution in [0.25, 0.3) is 5.82 Å². The number of nitrogens with zero attached hydrogens (tertiary/aromatic N) is 7. The zero-order valence-corrected chi connectivity index (χ0v) is 18.6. The van der Waals surface area contributed by atoms with Gasteiger partial charge < -0.3 is 15.0 Å². The summed E-state index contributed by atoms with van der Waals surface area (Å²) in [5, 5.41) is 3.01. The molecule has 1 N–H and O–H groups in total. The maximum Gasteiger partial charge on any atom is 0.406 e. The lowest BCUT2D eigenvalue weighted by Gasteiger charge is -2.40.